The third-order valence-electron chi connectivity index (χ3n) is 9.82. The summed E-state index contributed by atoms with van der Waals surface area (Å²) in [6.07, 6.45) is 6.71. The number of hydrogen-bond donors (Lipinski definition) is 5. The van der Waals surface area contributed by atoms with E-state index in [9.17, 15) is 34.2 Å². The third-order valence-corrected chi connectivity index (χ3v) is 11.2. The fraction of sp³-hybridized carbons (Fsp3) is 0.718. The zero-order chi connectivity index (χ0) is 38.6. The number of carbonyl (C=O) groups excluding carboxylic acids is 4. The fourth-order valence-electron chi connectivity index (χ4n) is 6.58. The van der Waals surface area contributed by atoms with Gasteiger partial charge in [0.05, 0.1) is 12.1 Å². The van der Waals surface area contributed by atoms with Crippen LogP contribution in [0.4, 0.5) is 0 Å². The summed E-state index contributed by atoms with van der Waals surface area (Å²) < 4.78 is 0. The molecular weight excluding hydrogens is 683 g/mol. The zero-order valence-electron chi connectivity index (χ0n) is 32.3. The Hall–Kier alpha value is -3.16. The van der Waals surface area contributed by atoms with E-state index in [1.807, 2.05) is 58.0 Å². The first-order chi connectivity index (χ1) is 24.9. The van der Waals surface area contributed by atoms with Crippen LogP contribution in [0.15, 0.2) is 30.3 Å². The molecule has 1 saturated heterocycles. The van der Waals surface area contributed by atoms with Gasteiger partial charge in [-0.1, -0.05) is 109 Å². The van der Waals surface area contributed by atoms with Crippen LogP contribution in [0.5, 0.6) is 0 Å². The maximum Gasteiger partial charge on any atom is 0.318 e. The van der Waals surface area contributed by atoms with E-state index in [1.54, 1.807) is 14.1 Å². The molecule has 52 heavy (non-hydrogen) atoms. The van der Waals surface area contributed by atoms with Gasteiger partial charge in [0.1, 0.15) is 29.6 Å². The number of thioether (sulfide) groups is 1. The van der Waals surface area contributed by atoms with Gasteiger partial charge in [-0.3, -0.25) is 29.3 Å². The summed E-state index contributed by atoms with van der Waals surface area (Å²) in [5, 5.41) is 29.5. The van der Waals surface area contributed by atoms with E-state index in [1.165, 1.54) is 9.80 Å². The lowest BCUT2D eigenvalue weighted by Gasteiger charge is -2.35. The number of aliphatic hydroxyl groups is 1. The number of unbranched alkanes of at least 4 members (excludes halogenated alkanes) is 4. The van der Waals surface area contributed by atoms with Gasteiger partial charge in [-0.25, -0.2) is 0 Å². The Bertz CT molecular complexity index is 1250. The Morgan fingerprint density at radius 2 is 1.23 bits per heavy atom. The monoisotopic (exact) mass is 747 g/mol. The van der Waals surface area contributed by atoms with E-state index in [2.05, 4.69) is 16.0 Å². The molecule has 1 fully saturated rings. The molecule has 0 bridgehead atoms. The molecule has 1 heterocycles. The predicted octanol–water partition coefficient (Wildman–Crippen LogP) is 4.48. The molecule has 5 N–H and O–H groups in total. The van der Waals surface area contributed by atoms with E-state index >= 15 is 0 Å². The highest BCUT2D eigenvalue weighted by Gasteiger charge is 2.38. The van der Waals surface area contributed by atoms with Crippen molar-refractivity contribution in [3.05, 3.63) is 35.9 Å². The summed E-state index contributed by atoms with van der Waals surface area (Å²) in [4.78, 5) is 72.2. The maximum absolute atomic E-state index is 14.3. The van der Waals surface area contributed by atoms with E-state index < -0.39 is 65.4 Å². The van der Waals surface area contributed by atoms with Crippen LogP contribution >= 0.6 is 11.8 Å². The number of nitrogens with one attached hydrogen (secondary N) is 3. The smallest absolute Gasteiger partial charge is 0.318 e. The van der Waals surface area contributed by atoms with Gasteiger partial charge in [-0.2, -0.15) is 0 Å². The average Bonchev–Trinajstić information content (AvgIpc) is 3.12. The molecule has 1 aromatic carbocycles. The lowest BCUT2D eigenvalue weighted by atomic mass is 10.00. The van der Waals surface area contributed by atoms with Crippen molar-refractivity contribution >= 4 is 41.4 Å². The number of carboxylic acid groups (broad SMARTS) is 1. The minimum atomic E-state index is -1.11. The molecule has 4 amide bonds. The zero-order valence-corrected chi connectivity index (χ0v) is 33.1. The standard InChI is InChI=1S/C39H65N5O7S/c1-7-11-20-28-37(48)43(5)31(22-13-9-3)35(46)41-29(21-12-8-2)38(49)44(6)32(23-14-10-4)36(47)42-30(26-27-18-16-15-17-19-27)34(39(50)51)52-25-24-33(45)40-28/h15-19,28-34,40,45H,7-14,20-26H2,1-6H3,(H,41,46)(H,42,47)(H,50,51)/t28-,29-,30-,31?,32-,33?,34?/m0/s1. The molecule has 0 aromatic heterocycles. The lowest BCUT2D eigenvalue weighted by molar-refractivity contribution is -0.145. The predicted molar refractivity (Wildman–Crippen MR) is 207 cm³/mol. The number of carbonyl (C=O) groups is 5. The van der Waals surface area contributed by atoms with Crippen molar-refractivity contribution in [1.29, 1.82) is 0 Å². The Morgan fingerprint density at radius 1 is 0.750 bits per heavy atom. The average molecular weight is 748 g/mol. The summed E-state index contributed by atoms with van der Waals surface area (Å²) in [6.45, 7) is 8.01. The molecule has 1 aromatic rings. The SMILES string of the molecule is CCCCC1C(=O)N[C@@H](CCCC)C(=O)N(C)[C@@H](CCCC)C(=O)N[C@@H](Cc2ccccc2)C(C(=O)O)SCCC(O)N[C@@H](CCCC)C(=O)N1C. The third kappa shape index (κ3) is 14.3. The second kappa shape index (κ2) is 24.2. The van der Waals surface area contributed by atoms with Gasteiger partial charge in [0.15, 0.2) is 0 Å². The highest BCUT2D eigenvalue weighted by Crippen LogP contribution is 2.23. The number of likely N-dealkylation sites (N-methyl/N-ethyl adjacent to an activating group) is 2. The van der Waals surface area contributed by atoms with E-state index in [-0.39, 0.29) is 24.5 Å². The number of aliphatic hydroxyl groups excluding tert-OH is 1. The van der Waals surface area contributed by atoms with Crippen molar-refractivity contribution in [2.24, 2.45) is 0 Å². The summed E-state index contributed by atoms with van der Waals surface area (Å²) in [5.74, 6) is -2.50. The van der Waals surface area contributed by atoms with Gasteiger partial charge in [-0.15, -0.1) is 11.8 Å². The quantitative estimate of drug-likeness (QED) is 0.174. The lowest BCUT2D eigenvalue weighted by Crippen LogP contribution is -2.59. The summed E-state index contributed by atoms with van der Waals surface area (Å²) in [6, 6.07) is 5.05. The number of hydrogen-bond acceptors (Lipinski definition) is 8. The van der Waals surface area contributed by atoms with Crippen molar-refractivity contribution in [3.8, 4) is 0 Å². The Kier molecular flexibility index (Phi) is 21.0. The first kappa shape index (κ1) is 45.0. The minimum absolute atomic E-state index is 0.148. The van der Waals surface area contributed by atoms with Crippen LogP contribution in [0, 0.1) is 0 Å². The first-order valence-electron chi connectivity index (χ1n) is 19.4. The maximum atomic E-state index is 14.3. The molecule has 0 aliphatic carbocycles. The number of nitrogens with zero attached hydrogens (tertiary/aromatic N) is 2. The van der Waals surface area contributed by atoms with Crippen molar-refractivity contribution in [3.63, 3.8) is 0 Å². The van der Waals surface area contributed by atoms with Gasteiger partial charge in [0.2, 0.25) is 23.6 Å². The molecular formula is C39H65N5O7S. The summed E-state index contributed by atoms with van der Waals surface area (Å²) >= 11 is 1.12. The summed E-state index contributed by atoms with van der Waals surface area (Å²) in [5.41, 5.74) is 0.843. The number of rotatable bonds is 15. The number of amides is 4. The molecule has 2 rings (SSSR count). The second-order valence-corrected chi connectivity index (χ2v) is 15.3. The largest absolute Gasteiger partial charge is 0.480 e. The second-order valence-electron chi connectivity index (χ2n) is 14.0. The highest BCUT2D eigenvalue weighted by atomic mass is 32.2. The van der Waals surface area contributed by atoms with Crippen LogP contribution in [0.25, 0.3) is 0 Å². The van der Waals surface area contributed by atoms with Crippen LogP contribution < -0.4 is 16.0 Å². The van der Waals surface area contributed by atoms with Gasteiger partial charge in [-0.05, 0) is 49.8 Å². The Labute approximate surface area is 315 Å². The molecule has 7 atom stereocenters. The highest BCUT2D eigenvalue weighted by molar-refractivity contribution is 8.00. The molecule has 294 valence electrons. The van der Waals surface area contributed by atoms with Crippen molar-refractivity contribution < 1.29 is 34.2 Å². The van der Waals surface area contributed by atoms with E-state index in [0.29, 0.717) is 51.4 Å². The molecule has 1 aliphatic heterocycles. The molecule has 0 spiro atoms. The molecule has 1 aliphatic rings. The topological polar surface area (TPSA) is 168 Å². The van der Waals surface area contributed by atoms with Crippen LogP contribution in [-0.4, -0.2) is 111 Å². The fourth-order valence-corrected chi connectivity index (χ4v) is 7.73. The molecule has 0 radical (unpaired) electrons. The summed E-state index contributed by atoms with van der Waals surface area (Å²) in [7, 11) is 3.17. The van der Waals surface area contributed by atoms with Crippen molar-refractivity contribution in [2.75, 3.05) is 19.8 Å². The number of aliphatic carboxylic acids is 1. The number of carboxylic acids is 1. The molecule has 12 nitrogen and oxygen atoms in total. The van der Waals surface area contributed by atoms with Gasteiger partial charge >= 0.3 is 5.97 Å². The van der Waals surface area contributed by atoms with Gasteiger partial charge in [0.25, 0.3) is 0 Å². The number of benzene rings is 1. The van der Waals surface area contributed by atoms with Crippen molar-refractivity contribution in [1.82, 2.24) is 25.8 Å². The molecule has 3 unspecified atom stereocenters. The van der Waals surface area contributed by atoms with Crippen LogP contribution in [0.3, 0.4) is 0 Å². The molecule has 0 saturated carbocycles. The van der Waals surface area contributed by atoms with Crippen LogP contribution in [-0.2, 0) is 30.4 Å². The Balaban J connectivity index is 2.66. The van der Waals surface area contributed by atoms with E-state index in [0.717, 1.165) is 43.0 Å². The minimum Gasteiger partial charge on any atom is -0.480 e. The normalized spacial score (nSPS) is 26.2. The van der Waals surface area contributed by atoms with Crippen LogP contribution in [0.2, 0.25) is 0 Å². The van der Waals surface area contributed by atoms with E-state index in [4.69, 9.17) is 0 Å². The Morgan fingerprint density at radius 3 is 1.75 bits per heavy atom. The molecule has 13 heteroatoms. The van der Waals surface area contributed by atoms with Gasteiger partial charge < -0.3 is 30.6 Å². The first-order valence-corrected chi connectivity index (χ1v) is 20.4. The van der Waals surface area contributed by atoms with Crippen LogP contribution in [0.1, 0.15) is 117 Å². The van der Waals surface area contributed by atoms with Crippen molar-refractivity contribution in [2.45, 2.75) is 159 Å². The van der Waals surface area contributed by atoms with Gasteiger partial charge in [0, 0.05) is 14.1 Å².